The first-order chi connectivity index (χ1) is 17.8. The van der Waals surface area contributed by atoms with Crippen LogP contribution in [0.2, 0.25) is 0 Å². The molecule has 198 valence electrons. The number of hydrogen-bond donors (Lipinski definition) is 2. The lowest BCUT2D eigenvalue weighted by Gasteiger charge is -2.38. The van der Waals surface area contributed by atoms with Crippen molar-refractivity contribution in [3.05, 3.63) is 41.0 Å². The van der Waals surface area contributed by atoms with Crippen LogP contribution in [0.3, 0.4) is 0 Å². The van der Waals surface area contributed by atoms with Crippen molar-refractivity contribution in [1.82, 2.24) is 10.2 Å². The molecule has 1 aliphatic carbocycles. The number of cyclic esters (lactones) is 1. The van der Waals surface area contributed by atoms with Gasteiger partial charge in [-0.25, -0.2) is 4.79 Å². The Kier molecular flexibility index (Phi) is 6.63. The van der Waals surface area contributed by atoms with E-state index in [0.717, 1.165) is 11.1 Å². The van der Waals surface area contributed by atoms with Crippen LogP contribution in [-0.2, 0) is 14.3 Å². The van der Waals surface area contributed by atoms with E-state index in [2.05, 4.69) is 5.32 Å². The van der Waals surface area contributed by atoms with Gasteiger partial charge in [0.25, 0.3) is 0 Å². The predicted molar refractivity (Wildman–Crippen MR) is 129 cm³/mol. The number of aromatic hydroxyl groups is 1. The third-order valence-corrected chi connectivity index (χ3v) is 7.05. The van der Waals surface area contributed by atoms with Gasteiger partial charge >= 0.3 is 12.1 Å². The number of alkyl carbamates (subject to hydrolysis) is 1. The molecule has 0 spiro atoms. The smallest absolute Gasteiger partial charge is 0.407 e. The molecule has 4 atom stereocenters. The van der Waals surface area contributed by atoms with Crippen LogP contribution in [0.4, 0.5) is 4.79 Å². The van der Waals surface area contributed by atoms with Gasteiger partial charge in [-0.2, -0.15) is 0 Å². The number of ether oxygens (including phenoxy) is 6. The number of amides is 1. The molecular weight excluding hydrogens is 484 g/mol. The number of methoxy groups -OCH3 is 2. The zero-order chi connectivity index (χ0) is 26.3. The topological polar surface area (TPSA) is 125 Å². The number of nitrogens with zero attached hydrogens (tertiary/aromatic N) is 1. The molecule has 37 heavy (non-hydrogen) atoms. The zero-order valence-electron chi connectivity index (χ0n) is 21.1. The minimum absolute atomic E-state index is 0.0647. The van der Waals surface area contributed by atoms with Gasteiger partial charge in [0.2, 0.25) is 12.5 Å². The number of esters is 1. The molecule has 0 radical (unpaired) electrons. The molecule has 0 bridgehead atoms. The molecular formula is C26H30N2O9. The summed E-state index contributed by atoms with van der Waals surface area (Å²) in [5, 5.41) is 13.2. The predicted octanol–water partition coefficient (Wildman–Crippen LogP) is 2.40. The van der Waals surface area contributed by atoms with Gasteiger partial charge in [0.1, 0.15) is 12.0 Å². The van der Waals surface area contributed by atoms with E-state index < -0.39 is 24.1 Å². The molecule has 2 aliphatic heterocycles. The fourth-order valence-electron chi connectivity index (χ4n) is 5.31. The number of rotatable bonds is 7. The average Bonchev–Trinajstić information content (AvgIpc) is 3.49. The van der Waals surface area contributed by atoms with Crippen molar-refractivity contribution in [2.24, 2.45) is 11.8 Å². The number of likely N-dealkylation sites (N-methyl/N-ethyl adjacent to an activating group) is 1. The molecule has 2 aromatic carbocycles. The molecule has 11 nitrogen and oxygen atoms in total. The van der Waals surface area contributed by atoms with Crippen LogP contribution in [0.15, 0.2) is 24.3 Å². The molecule has 2 N–H and O–H groups in total. The zero-order valence-corrected chi connectivity index (χ0v) is 21.1. The van der Waals surface area contributed by atoms with Crippen LogP contribution in [0.5, 0.6) is 28.7 Å². The van der Waals surface area contributed by atoms with E-state index in [-0.39, 0.29) is 42.5 Å². The Hall–Kier alpha value is -3.86. The second-order valence-corrected chi connectivity index (χ2v) is 9.46. The summed E-state index contributed by atoms with van der Waals surface area (Å²) >= 11 is 0. The SMILES string of the molecule is COc1cc([C@@H]2c3cc4c(cc3[C@H](OC(=O)NCCN(C)C)[C@@H]3C(=O)OC[C@@H]23)OCO4)cc(OC)c1O. The van der Waals surface area contributed by atoms with Crippen molar-refractivity contribution < 1.29 is 43.1 Å². The highest BCUT2D eigenvalue weighted by molar-refractivity contribution is 5.79. The molecule has 2 heterocycles. The minimum Gasteiger partial charge on any atom is -0.502 e. The molecule has 0 unspecified atom stereocenters. The van der Waals surface area contributed by atoms with E-state index in [9.17, 15) is 14.7 Å². The quantitative estimate of drug-likeness (QED) is 0.532. The van der Waals surface area contributed by atoms with Crippen molar-refractivity contribution in [3.8, 4) is 28.7 Å². The minimum atomic E-state index is -0.888. The van der Waals surface area contributed by atoms with E-state index in [1.54, 1.807) is 18.2 Å². The first-order valence-corrected chi connectivity index (χ1v) is 12.0. The number of nitrogens with one attached hydrogen (secondary N) is 1. The fourth-order valence-corrected chi connectivity index (χ4v) is 5.31. The molecule has 2 aromatic rings. The second-order valence-electron chi connectivity index (χ2n) is 9.46. The Balaban J connectivity index is 1.61. The highest BCUT2D eigenvalue weighted by Crippen LogP contribution is 2.56. The molecule has 1 amide bonds. The molecule has 0 aromatic heterocycles. The van der Waals surface area contributed by atoms with Crippen LogP contribution in [-0.4, -0.2) is 76.9 Å². The molecule has 0 saturated carbocycles. The summed E-state index contributed by atoms with van der Waals surface area (Å²) in [5.41, 5.74) is 2.17. The van der Waals surface area contributed by atoms with E-state index in [4.69, 9.17) is 28.4 Å². The maximum atomic E-state index is 13.0. The van der Waals surface area contributed by atoms with Gasteiger partial charge < -0.3 is 43.7 Å². The van der Waals surface area contributed by atoms with E-state index in [1.165, 1.54) is 14.2 Å². The molecule has 1 fully saturated rings. The van der Waals surface area contributed by atoms with Gasteiger partial charge in [-0.05, 0) is 49.5 Å². The standard InChI is InChI=1S/C26H30N2O9/c1-28(2)6-5-27-26(31)37-24-15-10-18-17(35-12-36-18)9-14(15)21(16-11-34-25(30)22(16)24)13-7-19(32-3)23(29)20(8-13)33-4/h7-10,16,21-22,24,29H,5-6,11-12H2,1-4H3,(H,27,31)/t16-,21+,22+,24-/m0/s1. The van der Waals surface area contributed by atoms with Gasteiger partial charge in [0.05, 0.1) is 20.8 Å². The van der Waals surface area contributed by atoms with Gasteiger partial charge in [0.15, 0.2) is 23.0 Å². The number of benzene rings is 2. The molecule has 5 rings (SSSR count). The Bertz CT molecular complexity index is 1190. The lowest BCUT2D eigenvalue weighted by atomic mass is 9.66. The van der Waals surface area contributed by atoms with Gasteiger partial charge in [0, 0.05) is 30.5 Å². The Morgan fingerprint density at radius 2 is 1.70 bits per heavy atom. The number of carbonyl (C=O) groups excluding carboxylic acids is 2. The second kappa shape index (κ2) is 9.89. The number of carbonyl (C=O) groups is 2. The van der Waals surface area contributed by atoms with Gasteiger partial charge in [-0.15, -0.1) is 0 Å². The van der Waals surface area contributed by atoms with Crippen molar-refractivity contribution in [1.29, 1.82) is 0 Å². The number of fused-ring (bicyclic) bond motifs is 3. The monoisotopic (exact) mass is 514 g/mol. The Labute approximate surface area is 214 Å². The van der Waals surface area contributed by atoms with Crippen LogP contribution in [0, 0.1) is 11.8 Å². The lowest BCUT2D eigenvalue weighted by molar-refractivity contribution is -0.144. The maximum Gasteiger partial charge on any atom is 0.407 e. The van der Waals surface area contributed by atoms with Gasteiger partial charge in [-0.3, -0.25) is 4.79 Å². The summed E-state index contributed by atoms with van der Waals surface area (Å²) in [6.45, 7) is 1.22. The number of hydrogen-bond acceptors (Lipinski definition) is 10. The normalized spacial score (nSPS) is 23.2. The Morgan fingerprint density at radius 1 is 1.05 bits per heavy atom. The Morgan fingerprint density at radius 3 is 2.32 bits per heavy atom. The summed E-state index contributed by atoms with van der Waals surface area (Å²) in [5.74, 6) is -0.523. The number of phenolic OH excluding ortho intramolecular Hbond substituents is 1. The summed E-state index contributed by atoms with van der Waals surface area (Å²) in [6, 6.07) is 7.05. The fraction of sp³-hybridized carbons (Fsp3) is 0.462. The molecule has 11 heteroatoms. The summed E-state index contributed by atoms with van der Waals surface area (Å²) in [6.07, 6.45) is -1.51. The summed E-state index contributed by atoms with van der Waals surface area (Å²) in [7, 11) is 6.71. The summed E-state index contributed by atoms with van der Waals surface area (Å²) < 4.78 is 33.4. The third kappa shape index (κ3) is 4.43. The van der Waals surface area contributed by atoms with Crippen molar-refractivity contribution in [3.63, 3.8) is 0 Å². The highest BCUT2D eigenvalue weighted by Gasteiger charge is 2.54. The highest BCUT2D eigenvalue weighted by atomic mass is 16.7. The van der Waals surface area contributed by atoms with Crippen LogP contribution < -0.4 is 24.3 Å². The first-order valence-electron chi connectivity index (χ1n) is 12.0. The van der Waals surface area contributed by atoms with E-state index >= 15 is 0 Å². The van der Waals surface area contributed by atoms with Crippen molar-refractivity contribution in [2.45, 2.75) is 12.0 Å². The van der Waals surface area contributed by atoms with Crippen LogP contribution in [0.1, 0.15) is 28.7 Å². The van der Waals surface area contributed by atoms with Crippen molar-refractivity contribution >= 4 is 12.1 Å². The summed E-state index contributed by atoms with van der Waals surface area (Å²) in [4.78, 5) is 27.7. The largest absolute Gasteiger partial charge is 0.502 e. The lowest BCUT2D eigenvalue weighted by Crippen LogP contribution is -2.39. The number of phenols is 1. The average molecular weight is 515 g/mol. The van der Waals surface area contributed by atoms with Crippen molar-refractivity contribution in [2.75, 3.05) is 54.8 Å². The van der Waals surface area contributed by atoms with Crippen LogP contribution >= 0.6 is 0 Å². The third-order valence-electron chi connectivity index (χ3n) is 7.05. The van der Waals surface area contributed by atoms with Crippen LogP contribution in [0.25, 0.3) is 0 Å². The maximum absolute atomic E-state index is 13.0. The molecule has 1 saturated heterocycles. The van der Waals surface area contributed by atoms with E-state index in [1.807, 2.05) is 25.1 Å². The van der Waals surface area contributed by atoms with E-state index in [0.29, 0.717) is 30.2 Å². The first kappa shape index (κ1) is 24.8. The molecule has 3 aliphatic rings. The van der Waals surface area contributed by atoms with Gasteiger partial charge in [-0.1, -0.05) is 0 Å².